The molecule has 1 aliphatic heterocycles. The van der Waals surface area contributed by atoms with Crippen molar-refractivity contribution in [2.75, 3.05) is 6.54 Å². The van der Waals surface area contributed by atoms with E-state index in [9.17, 15) is 14.0 Å². The van der Waals surface area contributed by atoms with Gasteiger partial charge in [-0.15, -0.1) is 0 Å². The zero-order valence-corrected chi connectivity index (χ0v) is 10.6. The van der Waals surface area contributed by atoms with E-state index in [4.69, 9.17) is 0 Å². The van der Waals surface area contributed by atoms with Gasteiger partial charge < -0.3 is 10.6 Å². The third-order valence-corrected chi connectivity index (χ3v) is 3.14. The van der Waals surface area contributed by atoms with Crippen LogP contribution >= 0.6 is 0 Å². The highest BCUT2D eigenvalue weighted by Gasteiger charge is 2.26. The van der Waals surface area contributed by atoms with Gasteiger partial charge in [-0.2, -0.15) is 0 Å². The first-order chi connectivity index (χ1) is 9.15. The van der Waals surface area contributed by atoms with Crippen LogP contribution in [0.15, 0.2) is 24.3 Å². The van der Waals surface area contributed by atoms with Crippen molar-refractivity contribution < 1.29 is 14.0 Å². The summed E-state index contributed by atoms with van der Waals surface area (Å²) in [6, 6.07) is 6.06. The number of amides is 2. The van der Waals surface area contributed by atoms with Gasteiger partial charge in [0.05, 0.1) is 0 Å². The van der Waals surface area contributed by atoms with Gasteiger partial charge >= 0.3 is 0 Å². The van der Waals surface area contributed by atoms with E-state index < -0.39 is 0 Å². The normalized spacial score (nSPS) is 18.2. The first kappa shape index (κ1) is 13.5. The van der Waals surface area contributed by atoms with E-state index >= 15 is 0 Å². The van der Waals surface area contributed by atoms with Crippen LogP contribution < -0.4 is 10.6 Å². The van der Waals surface area contributed by atoms with Crippen molar-refractivity contribution >= 4 is 11.8 Å². The second kappa shape index (κ2) is 6.31. The Kier molecular flexibility index (Phi) is 4.49. The zero-order valence-electron chi connectivity index (χ0n) is 10.6. The van der Waals surface area contributed by atoms with Crippen LogP contribution in [0, 0.1) is 5.82 Å². The standard InChI is InChI=1S/C14H17FN2O2/c15-11-5-1-3-10(9-11)4-2-8-16-14(19)12-6-7-13(18)17-12/h1,3,5,9,12H,2,4,6-8H2,(H,16,19)(H,17,18)/t12-/m1/s1. The summed E-state index contributed by atoms with van der Waals surface area (Å²) >= 11 is 0. The summed E-state index contributed by atoms with van der Waals surface area (Å²) in [5.74, 6) is -0.444. The van der Waals surface area contributed by atoms with Crippen molar-refractivity contribution in [3.8, 4) is 0 Å². The van der Waals surface area contributed by atoms with Gasteiger partial charge in [0.1, 0.15) is 11.9 Å². The van der Waals surface area contributed by atoms with Crippen LogP contribution in [0.25, 0.3) is 0 Å². The number of rotatable bonds is 5. The van der Waals surface area contributed by atoms with Crippen molar-refractivity contribution in [1.82, 2.24) is 10.6 Å². The summed E-state index contributed by atoms with van der Waals surface area (Å²) in [5.41, 5.74) is 0.920. The Labute approximate surface area is 111 Å². The lowest BCUT2D eigenvalue weighted by Crippen LogP contribution is -2.41. The van der Waals surface area contributed by atoms with E-state index in [1.165, 1.54) is 12.1 Å². The van der Waals surface area contributed by atoms with E-state index in [0.29, 0.717) is 19.4 Å². The highest BCUT2D eigenvalue weighted by Crippen LogP contribution is 2.07. The zero-order chi connectivity index (χ0) is 13.7. The quantitative estimate of drug-likeness (QED) is 0.784. The molecule has 1 saturated heterocycles. The fourth-order valence-corrected chi connectivity index (χ4v) is 2.13. The minimum atomic E-state index is -0.387. The highest BCUT2D eigenvalue weighted by molar-refractivity contribution is 5.90. The van der Waals surface area contributed by atoms with Gasteiger partial charge in [0.15, 0.2) is 0 Å². The maximum atomic E-state index is 12.9. The first-order valence-electron chi connectivity index (χ1n) is 6.46. The second-order valence-electron chi connectivity index (χ2n) is 4.68. The fraction of sp³-hybridized carbons (Fsp3) is 0.429. The lowest BCUT2D eigenvalue weighted by atomic mass is 10.1. The minimum Gasteiger partial charge on any atom is -0.354 e. The molecule has 1 fully saturated rings. The maximum absolute atomic E-state index is 12.9. The predicted molar refractivity (Wildman–Crippen MR) is 68.9 cm³/mol. The van der Waals surface area contributed by atoms with Crippen LogP contribution in [-0.2, 0) is 16.0 Å². The Bertz CT molecular complexity index is 476. The molecule has 0 bridgehead atoms. The van der Waals surface area contributed by atoms with E-state index in [-0.39, 0.29) is 23.7 Å². The number of aryl methyl sites for hydroxylation is 1. The lowest BCUT2D eigenvalue weighted by Gasteiger charge is -2.10. The monoisotopic (exact) mass is 264 g/mol. The molecule has 0 aromatic heterocycles. The Hall–Kier alpha value is -1.91. The van der Waals surface area contributed by atoms with Gasteiger partial charge in [-0.05, 0) is 37.0 Å². The Morgan fingerprint density at radius 3 is 3.00 bits per heavy atom. The molecule has 19 heavy (non-hydrogen) atoms. The summed E-state index contributed by atoms with van der Waals surface area (Å²) < 4.78 is 12.9. The highest BCUT2D eigenvalue weighted by atomic mass is 19.1. The summed E-state index contributed by atoms with van der Waals surface area (Å²) in [5, 5.41) is 5.40. The minimum absolute atomic E-state index is 0.0695. The number of nitrogens with one attached hydrogen (secondary N) is 2. The SMILES string of the molecule is O=C1CC[C@H](C(=O)NCCCc2cccc(F)c2)N1. The van der Waals surface area contributed by atoms with Gasteiger partial charge in [0.2, 0.25) is 11.8 Å². The molecule has 0 spiro atoms. The van der Waals surface area contributed by atoms with Crippen LogP contribution in [0.5, 0.6) is 0 Å². The van der Waals surface area contributed by atoms with Crippen LogP contribution in [-0.4, -0.2) is 24.4 Å². The molecule has 2 rings (SSSR count). The summed E-state index contributed by atoms with van der Waals surface area (Å²) in [7, 11) is 0. The largest absolute Gasteiger partial charge is 0.354 e. The smallest absolute Gasteiger partial charge is 0.242 e. The van der Waals surface area contributed by atoms with E-state index in [1.54, 1.807) is 6.07 Å². The van der Waals surface area contributed by atoms with Gasteiger partial charge in [0.25, 0.3) is 0 Å². The molecular formula is C14H17FN2O2. The van der Waals surface area contributed by atoms with Crippen LogP contribution in [0.4, 0.5) is 4.39 Å². The van der Waals surface area contributed by atoms with Gasteiger partial charge in [-0.3, -0.25) is 9.59 Å². The molecule has 5 heteroatoms. The molecule has 102 valence electrons. The van der Waals surface area contributed by atoms with Crippen LogP contribution in [0.2, 0.25) is 0 Å². The molecule has 2 N–H and O–H groups in total. The van der Waals surface area contributed by atoms with Crippen molar-refractivity contribution in [2.45, 2.75) is 31.7 Å². The number of carbonyl (C=O) groups excluding carboxylic acids is 2. The van der Waals surface area contributed by atoms with E-state index in [1.807, 2.05) is 6.07 Å². The number of hydrogen-bond acceptors (Lipinski definition) is 2. The summed E-state index contributed by atoms with van der Waals surface area (Å²) in [6.45, 7) is 0.529. The van der Waals surface area contributed by atoms with E-state index in [2.05, 4.69) is 10.6 Å². The van der Waals surface area contributed by atoms with Crippen molar-refractivity contribution in [1.29, 1.82) is 0 Å². The molecule has 4 nitrogen and oxygen atoms in total. The average Bonchev–Trinajstić information content (AvgIpc) is 2.81. The Morgan fingerprint density at radius 2 is 2.32 bits per heavy atom. The summed E-state index contributed by atoms with van der Waals surface area (Å²) in [4.78, 5) is 22.6. The molecule has 1 heterocycles. The fourth-order valence-electron chi connectivity index (χ4n) is 2.13. The molecule has 2 amide bonds. The van der Waals surface area contributed by atoms with Gasteiger partial charge in [0, 0.05) is 13.0 Å². The van der Waals surface area contributed by atoms with E-state index in [0.717, 1.165) is 18.4 Å². The molecule has 0 radical (unpaired) electrons. The number of carbonyl (C=O) groups is 2. The molecule has 1 aromatic carbocycles. The van der Waals surface area contributed by atoms with Crippen LogP contribution in [0.3, 0.4) is 0 Å². The van der Waals surface area contributed by atoms with Crippen molar-refractivity contribution in [3.05, 3.63) is 35.6 Å². The number of hydrogen-bond donors (Lipinski definition) is 2. The second-order valence-corrected chi connectivity index (χ2v) is 4.68. The van der Waals surface area contributed by atoms with Crippen molar-refractivity contribution in [2.24, 2.45) is 0 Å². The number of benzene rings is 1. The lowest BCUT2D eigenvalue weighted by molar-refractivity contribution is -0.125. The maximum Gasteiger partial charge on any atom is 0.242 e. The molecular weight excluding hydrogens is 247 g/mol. The average molecular weight is 264 g/mol. The molecule has 0 unspecified atom stereocenters. The number of halogens is 1. The van der Waals surface area contributed by atoms with Gasteiger partial charge in [-0.1, -0.05) is 12.1 Å². The third kappa shape index (κ3) is 4.05. The topological polar surface area (TPSA) is 58.2 Å². The molecule has 1 atom stereocenters. The Balaban J connectivity index is 1.66. The molecule has 1 aromatic rings. The summed E-state index contributed by atoms with van der Waals surface area (Å²) in [6.07, 6.45) is 2.45. The third-order valence-electron chi connectivity index (χ3n) is 3.14. The van der Waals surface area contributed by atoms with Crippen molar-refractivity contribution in [3.63, 3.8) is 0 Å². The van der Waals surface area contributed by atoms with Crippen LogP contribution in [0.1, 0.15) is 24.8 Å². The predicted octanol–water partition coefficient (Wildman–Crippen LogP) is 1.15. The molecule has 0 aliphatic carbocycles. The Morgan fingerprint density at radius 1 is 1.47 bits per heavy atom. The van der Waals surface area contributed by atoms with Gasteiger partial charge in [-0.25, -0.2) is 4.39 Å². The first-order valence-corrected chi connectivity index (χ1v) is 6.46. The molecule has 1 aliphatic rings. The molecule has 0 saturated carbocycles.